The zero-order valence-corrected chi connectivity index (χ0v) is 17.8. The van der Waals surface area contributed by atoms with Crippen LogP contribution in [0.15, 0.2) is 59.5 Å². The molecule has 2 aromatic carbocycles. The molecule has 1 fully saturated rings. The van der Waals surface area contributed by atoms with E-state index in [1.165, 1.54) is 24.3 Å². The molecule has 2 aromatic rings. The Balaban J connectivity index is 1.77. The van der Waals surface area contributed by atoms with Crippen LogP contribution in [0.1, 0.15) is 18.0 Å². The Morgan fingerprint density at radius 1 is 1.07 bits per heavy atom. The van der Waals surface area contributed by atoms with Gasteiger partial charge in [0.1, 0.15) is 0 Å². The van der Waals surface area contributed by atoms with Crippen molar-refractivity contribution < 1.29 is 21.6 Å². The monoisotopic (exact) mass is 437 g/mol. The van der Waals surface area contributed by atoms with Crippen molar-refractivity contribution in [2.75, 3.05) is 30.7 Å². The summed E-state index contributed by atoms with van der Waals surface area (Å²) in [5, 5.41) is 0. The molecule has 0 aromatic heterocycles. The van der Waals surface area contributed by atoms with Crippen LogP contribution in [0.25, 0.3) is 0 Å². The van der Waals surface area contributed by atoms with E-state index in [9.17, 15) is 21.6 Å². The number of likely N-dealkylation sites (N-methyl/N-ethyl adjacent to an activating group) is 1. The molecule has 1 saturated heterocycles. The molecule has 0 unspecified atom stereocenters. The van der Waals surface area contributed by atoms with Gasteiger partial charge in [0, 0.05) is 19.0 Å². The summed E-state index contributed by atoms with van der Waals surface area (Å²) in [6.45, 7) is 0.167. The molecule has 3 rings (SSSR count). The van der Waals surface area contributed by atoms with Crippen LogP contribution in [0.2, 0.25) is 0 Å². The molecule has 1 heterocycles. The molecule has 29 heavy (non-hydrogen) atoms. The molecule has 1 atom stereocenters. The highest BCUT2D eigenvalue weighted by Crippen LogP contribution is 2.26. The van der Waals surface area contributed by atoms with Crippen LogP contribution >= 0.6 is 0 Å². The zero-order valence-electron chi connectivity index (χ0n) is 16.1. The van der Waals surface area contributed by atoms with Crippen molar-refractivity contribution in [1.29, 1.82) is 0 Å². The number of sulfonamides is 2. The van der Waals surface area contributed by atoms with Gasteiger partial charge in [0.25, 0.3) is 0 Å². The van der Waals surface area contributed by atoms with E-state index in [1.54, 1.807) is 0 Å². The number of nitrogens with one attached hydrogen (secondary N) is 1. The van der Waals surface area contributed by atoms with Gasteiger partial charge in [-0.25, -0.2) is 25.9 Å². The van der Waals surface area contributed by atoms with Crippen LogP contribution in [0.3, 0.4) is 0 Å². The minimum absolute atomic E-state index is 0.00383. The summed E-state index contributed by atoms with van der Waals surface area (Å²) in [5.74, 6) is -0.755. The Morgan fingerprint density at radius 3 is 2.21 bits per heavy atom. The van der Waals surface area contributed by atoms with Crippen LogP contribution in [0, 0.1) is 0 Å². The number of hydrogen-bond acceptors (Lipinski definition) is 6. The number of carbonyl (C=O) groups is 1. The molecule has 156 valence electrons. The smallest absolute Gasteiger partial charge is 0.242 e. The van der Waals surface area contributed by atoms with Crippen molar-refractivity contribution in [3.8, 4) is 0 Å². The molecule has 1 N–H and O–H groups in total. The first-order chi connectivity index (χ1) is 13.6. The van der Waals surface area contributed by atoms with Gasteiger partial charge in [-0.2, -0.15) is 0 Å². The van der Waals surface area contributed by atoms with E-state index < -0.39 is 26.0 Å². The standard InChI is InChI=1S/C19H23N3O5S2/c1-21(2)18(15-6-4-3-5-7-15)14-20-29(26,27)17-10-8-16(9-11-17)22-19(23)12-13-28(22,24)25/h3-11,18,20H,12-14H2,1-2H3/t18-/m1/s1. The molecule has 0 bridgehead atoms. The molecular weight excluding hydrogens is 414 g/mol. The average Bonchev–Trinajstić information content (AvgIpc) is 2.95. The number of nitrogens with zero attached hydrogens (tertiary/aromatic N) is 2. The van der Waals surface area contributed by atoms with Gasteiger partial charge >= 0.3 is 0 Å². The van der Waals surface area contributed by atoms with Crippen LogP contribution < -0.4 is 9.03 Å². The van der Waals surface area contributed by atoms with E-state index in [2.05, 4.69) is 4.72 Å². The second-order valence-electron chi connectivity index (χ2n) is 6.96. The first-order valence-electron chi connectivity index (χ1n) is 8.99. The van der Waals surface area contributed by atoms with E-state index in [1.807, 2.05) is 49.3 Å². The van der Waals surface area contributed by atoms with Gasteiger partial charge in [-0.3, -0.25) is 4.79 Å². The maximum absolute atomic E-state index is 12.7. The molecule has 0 aliphatic carbocycles. The zero-order chi connectivity index (χ0) is 21.2. The Kier molecular flexibility index (Phi) is 6.08. The first-order valence-corrected chi connectivity index (χ1v) is 12.1. The van der Waals surface area contributed by atoms with Crippen LogP contribution in [-0.2, 0) is 24.8 Å². The Bertz CT molecular complexity index is 1080. The number of rotatable bonds is 7. The van der Waals surface area contributed by atoms with E-state index in [0.717, 1.165) is 9.87 Å². The fourth-order valence-electron chi connectivity index (χ4n) is 3.18. The third-order valence-electron chi connectivity index (χ3n) is 4.73. The lowest BCUT2D eigenvalue weighted by Gasteiger charge is -2.25. The Hall–Kier alpha value is -2.27. The van der Waals surface area contributed by atoms with Gasteiger partial charge in [0.05, 0.1) is 16.3 Å². The highest BCUT2D eigenvalue weighted by Gasteiger charge is 2.36. The van der Waals surface area contributed by atoms with Gasteiger partial charge < -0.3 is 4.90 Å². The lowest BCUT2D eigenvalue weighted by Crippen LogP contribution is -2.34. The molecule has 8 nitrogen and oxygen atoms in total. The average molecular weight is 438 g/mol. The first kappa shape index (κ1) is 21.4. The molecule has 0 spiro atoms. The Labute approximate surface area is 171 Å². The normalized spacial score (nSPS) is 17.6. The van der Waals surface area contributed by atoms with Crippen molar-refractivity contribution in [3.05, 3.63) is 60.2 Å². The van der Waals surface area contributed by atoms with Gasteiger partial charge in [-0.15, -0.1) is 0 Å². The second kappa shape index (κ2) is 8.23. The summed E-state index contributed by atoms with van der Waals surface area (Å²) in [6.07, 6.45) is -0.0741. The predicted octanol–water partition coefficient (Wildman–Crippen LogP) is 1.33. The van der Waals surface area contributed by atoms with Gasteiger partial charge in [-0.05, 0) is 43.9 Å². The van der Waals surface area contributed by atoms with E-state index in [-0.39, 0.29) is 35.3 Å². The largest absolute Gasteiger partial charge is 0.301 e. The number of amides is 1. The van der Waals surface area contributed by atoms with Crippen molar-refractivity contribution in [3.63, 3.8) is 0 Å². The predicted molar refractivity (Wildman–Crippen MR) is 110 cm³/mol. The lowest BCUT2D eigenvalue weighted by atomic mass is 10.1. The molecular formula is C19H23N3O5S2. The van der Waals surface area contributed by atoms with E-state index >= 15 is 0 Å². The summed E-state index contributed by atoms with van der Waals surface area (Å²) in [7, 11) is -3.76. The molecule has 1 aliphatic heterocycles. The third kappa shape index (κ3) is 4.67. The van der Waals surface area contributed by atoms with Crippen molar-refractivity contribution in [2.24, 2.45) is 0 Å². The maximum Gasteiger partial charge on any atom is 0.242 e. The molecule has 0 saturated carbocycles. The van der Waals surface area contributed by atoms with Gasteiger partial charge in [0.15, 0.2) is 0 Å². The minimum atomic E-state index is -3.81. The van der Waals surface area contributed by atoms with Crippen molar-refractivity contribution in [1.82, 2.24) is 9.62 Å². The number of benzene rings is 2. The molecule has 1 amide bonds. The maximum atomic E-state index is 12.7. The van der Waals surface area contributed by atoms with Crippen LogP contribution in [-0.4, -0.2) is 54.0 Å². The highest BCUT2D eigenvalue weighted by atomic mass is 32.2. The van der Waals surface area contributed by atoms with Crippen LogP contribution in [0.5, 0.6) is 0 Å². The number of anilines is 1. The molecule has 10 heteroatoms. The molecule has 0 radical (unpaired) electrons. The van der Waals surface area contributed by atoms with Crippen molar-refractivity contribution >= 4 is 31.6 Å². The fourth-order valence-corrected chi connectivity index (χ4v) is 5.67. The minimum Gasteiger partial charge on any atom is -0.301 e. The molecule has 1 aliphatic rings. The van der Waals surface area contributed by atoms with Crippen LogP contribution in [0.4, 0.5) is 5.69 Å². The quantitative estimate of drug-likeness (QED) is 0.701. The summed E-state index contributed by atoms with van der Waals surface area (Å²) < 4.78 is 52.7. The summed E-state index contributed by atoms with van der Waals surface area (Å²) >= 11 is 0. The highest BCUT2D eigenvalue weighted by molar-refractivity contribution is 7.94. The van der Waals surface area contributed by atoms with Crippen molar-refractivity contribution in [2.45, 2.75) is 17.4 Å². The number of hydrogen-bond donors (Lipinski definition) is 1. The van der Waals surface area contributed by atoms with E-state index in [4.69, 9.17) is 0 Å². The lowest BCUT2D eigenvalue weighted by molar-refractivity contribution is -0.116. The summed E-state index contributed by atoms with van der Waals surface area (Å²) in [4.78, 5) is 13.8. The summed E-state index contributed by atoms with van der Waals surface area (Å²) in [5.41, 5.74) is 1.12. The van der Waals surface area contributed by atoms with Gasteiger partial charge in [0.2, 0.25) is 26.0 Å². The van der Waals surface area contributed by atoms with E-state index in [0.29, 0.717) is 0 Å². The van der Waals surface area contributed by atoms with Gasteiger partial charge in [-0.1, -0.05) is 30.3 Å². The second-order valence-corrected chi connectivity index (χ2v) is 10.7. The topological polar surface area (TPSA) is 104 Å². The summed E-state index contributed by atoms with van der Waals surface area (Å²) in [6, 6.07) is 14.6. The SMILES string of the molecule is CN(C)[C@H](CNS(=O)(=O)c1ccc(N2C(=O)CCS2(=O)=O)cc1)c1ccccc1. The number of carbonyl (C=O) groups excluding carboxylic acids is 1. The Morgan fingerprint density at radius 2 is 1.69 bits per heavy atom. The fraction of sp³-hybridized carbons (Fsp3) is 0.316. The third-order valence-corrected chi connectivity index (χ3v) is 7.86.